The van der Waals surface area contributed by atoms with Crippen molar-refractivity contribution in [1.29, 1.82) is 0 Å². The maximum atomic E-state index is 13.7. The number of amides is 3. The minimum Gasteiger partial charge on any atom is -0.493 e. The van der Waals surface area contributed by atoms with Crippen LogP contribution in [0.1, 0.15) is 25.8 Å². The second kappa shape index (κ2) is 8.02. The Morgan fingerprint density at radius 2 is 1.90 bits per heavy atom. The average Bonchev–Trinajstić information content (AvgIpc) is 2.97. The molecule has 0 bridgehead atoms. The number of nitrogens with zero attached hydrogens (tertiary/aromatic N) is 2. The van der Waals surface area contributed by atoms with Crippen LogP contribution in [0.4, 0.5) is 14.9 Å². The number of esters is 1. The number of fused-ring (bicyclic) bond motifs is 2. The van der Waals surface area contributed by atoms with E-state index in [0.29, 0.717) is 5.75 Å². The summed E-state index contributed by atoms with van der Waals surface area (Å²) in [6.45, 7) is 3.68. The molecule has 162 valence electrons. The van der Waals surface area contributed by atoms with Crippen LogP contribution in [-0.4, -0.2) is 41.6 Å². The Morgan fingerprint density at radius 3 is 2.61 bits per heavy atom. The molecule has 7 nitrogen and oxygen atoms in total. The third-order valence-electron chi connectivity index (χ3n) is 5.92. The van der Waals surface area contributed by atoms with Crippen molar-refractivity contribution in [3.8, 4) is 5.75 Å². The summed E-state index contributed by atoms with van der Waals surface area (Å²) < 4.78 is 24.6. The second-order valence-corrected chi connectivity index (χ2v) is 7.68. The Labute approximate surface area is 179 Å². The number of anilines is 1. The van der Waals surface area contributed by atoms with E-state index in [1.165, 1.54) is 29.2 Å². The summed E-state index contributed by atoms with van der Waals surface area (Å²) in [7, 11) is 0. The summed E-state index contributed by atoms with van der Waals surface area (Å²) >= 11 is 0. The zero-order valence-electron chi connectivity index (χ0n) is 17.3. The highest BCUT2D eigenvalue weighted by Gasteiger charge is 2.61. The summed E-state index contributed by atoms with van der Waals surface area (Å²) in [5.41, 5.74) is -0.520. The van der Waals surface area contributed by atoms with Gasteiger partial charge in [-0.2, -0.15) is 0 Å². The molecule has 1 saturated heterocycles. The van der Waals surface area contributed by atoms with Gasteiger partial charge in [-0.05, 0) is 50.6 Å². The van der Waals surface area contributed by atoms with E-state index in [2.05, 4.69) is 0 Å². The maximum Gasteiger partial charge on any atom is 0.332 e. The molecule has 8 heteroatoms. The molecule has 2 atom stereocenters. The molecule has 2 aromatic rings. The predicted molar refractivity (Wildman–Crippen MR) is 110 cm³/mol. The van der Waals surface area contributed by atoms with Crippen LogP contribution in [0, 0.1) is 11.7 Å². The fraction of sp³-hybridized carbons (Fsp3) is 0.348. The van der Waals surface area contributed by atoms with Crippen molar-refractivity contribution in [1.82, 2.24) is 4.90 Å². The van der Waals surface area contributed by atoms with Crippen molar-refractivity contribution >= 4 is 23.6 Å². The molecule has 0 radical (unpaired) electrons. The number of ether oxygens (including phenoxy) is 2. The molecule has 2 heterocycles. The van der Waals surface area contributed by atoms with Gasteiger partial charge in [-0.25, -0.2) is 14.1 Å². The van der Waals surface area contributed by atoms with Gasteiger partial charge >= 0.3 is 12.0 Å². The van der Waals surface area contributed by atoms with Gasteiger partial charge in [0.2, 0.25) is 0 Å². The monoisotopic (exact) mass is 426 g/mol. The number of para-hydroxylation sites is 1. The molecule has 2 aliphatic heterocycles. The number of carbonyl (C=O) groups excluding carboxylic acids is 3. The first kappa shape index (κ1) is 20.8. The minimum atomic E-state index is -1.49. The highest BCUT2D eigenvalue weighted by Crippen LogP contribution is 2.42. The van der Waals surface area contributed by atoms with Gasteiger partial charge in [-0.1, -0.05) is 18.2 Å². The lowest BCUT2D eigenvalue weighted by molar-refractivity contribution is -0.156. The number of halogens is 1. The van der Waals surface area contributed by atoms with Crippen LogP contribution in [0.5, 0.6) is 5.75 Å². The highest BCUT2D eigenvalue weighted by atomic mass is 19.1. The van der Waals surface area contributed by atoms with Crippen molar-refractivity contribution in [3.63, 3.8) is 0 Å². The smallest absolute Gasteiger partial charge is 0.332 e. The molecule has 0 N–H and O–H groups in total. The normalized spacial score (nSPS) is 23.3. The van der Waals surface area contributed by atoms with Gasteiger partial charge < -0.3 is 14.4 Å². The maximum absolute atomic E-state index is 13.7. The molecule has 2 aliphatic rings. The first-order chi connectivity index (χ1) is 14.9. The molecule has 0 aliphatic carbocycles. The third-order valence-corrected chi connectivity index (χ3v) is 5.92. The van der Waals surface area contributed by atoms with E-state index >= 15 is 0 Å². The van der Waals surface area contributed by atoms with Crippen LogP contribution < -0.4 is 9.64 Å². The van der Waals surface area contributed by atoms with Gasteiger partial charge in [0.05, 0.1) is 31.4 Å². The molecule has 0 saturated carbocycles. The molecule has 1 fully saturated rings. The van der Waals surface area contributed by atoms with Crippen LogP contribution in [0.15, 0.2) is 48.5 Å². The van der Waals surface area contributed by atoms with Crippen LogP contribution >= 0.6 is 0 Å². The van der Waals surface area contributed by atoms with E-state index in [0.717, 1.165) is 10.5 Å². The number of benzene rings is 2. The number of carbonyl (C=O) groups is 3. The Balaban J connectivity index is 1.84. The van der Waals surface area contributed by atoms with Gasteiger partial charge in [0, 0.05) is 5.56 Å². The quantitative estimate of drug-likeness (QED) is 0.555. The fourth-order valence-electron chi connectivity index (χ4n) is 4.24. The Hall–Kier alpha value is -3.42. The van der Waals surface area contributed by atoms with Gasteiger partial charge in [-0.15, -0.1) is 0 Å². The predicted octanol–water partition coefficient (Wildman–Crippen LogP) is 3.52. The van der Waals surface area contributed by atoms with Crippen LogP contribution in [0.2, 0.25) is 0 Å². The van der Waals surface area contributed by atoms with Crippen molar-refractivity contribution in [2.45, 2.75) is 32.4 Å². The topological polar surface area (TPSA) is 76.2 Å². The molecule has 0 aromatic heterocycles. The molecule has 3 amide bonds. The minimum absolute atomic E-state index is 0.0743. The number of hydrogen-bond donors (Lipinski definition) is 0. The van der Waals surface area contributed by atoms with Gasteiger partial charge in [0.25, 0.3) is 5.91 Å². The second-order valence-electron chi connectivity index (χ2n) is 7.68. The van der Waals surface area contributed by atoms with E-state index in [9.17, 15) is 18.8 Å². The van der Waals surface area contributed by atoms with E-state index in [-0.39, 0.29) is 31.9 Å². The lowest BCUT2D eigenvalue weighted by Gasteiger charge is -2.36. The fourth-order valence-corrected chi connectivity index (χ4v) is 4.24. The van der Waals surface area contributed by atoms with Crippen LogP contribution in [-0.2, 0) is 20.9 Å². The summed E-state index contributed by atoms with van der Waals surface area (Å²) in [5.74, 6) is -1.93. The summed E-state index contributed by atoms with van der Waals surface area (Å²) in [6.07, 6.45) is 0.191. The van der Waals surface area contributed by atoms with E-state index in [4.69, 9.17) is 9.47 Å². The lowest BCUT2D eigenvalue weighted by atomic mass is 9.81. The largest absolute Gasteiger partial charge is 0.493 e. The lowest BCUT2D eigenvalue weighted by Crippen LogP contribution is -2.55. The van der Waals surface area contributed by atoms with E-state index in [1.54, 1.807) is 19.9 Å². The zero-order valence-corrected chi connectivity index (χ0v) is 17.3. The van der Waals surface area contributed by atoms with Crippen molar-refractivity contribution in [3.05, 3.63) is 59.9 Å². The van der Waals surface area contributed by atoms with Crippen LogP contribution in [0.3, 0.4) is 0 Å². The molecular weight excluding hydrogens is 403 g/mol. The Bertz CT molecular complexity index is 1020. The Kier molecular flexibility index (Phi) is 5.39. The summed E-state index contributed by atoms with van der Waals surface area (Å²) in [5, 5.41) is 0. The number of imide groups is 1. The number of urea groups is 1. The van der Waals surface area contributed by atoms with Gasteiger partial charge in [0.15, 0.2) is 0 Å². The van der Waals surface area contributed by atoms with Gasteiger partial charge in [0.1, 0.15) is 17.1 Å². The van der Waals surface area contributed by atoms with Crippen molar-refractivity contribution in [2.75, 3.05) is 18.1 Å². The summed E-state index contributed by atoms with van der Waals surface area (Å²) in [6, 6.07) is 11.8. The molecular formula is C23H23FN2O5. The first-order valence-electron chi connectivity index (χ1n) is 10.2. The third kappa shape index (κ3) is 3.41. The van der Waals surface area contributed by atoms with E-state index < -0.39 is 35.2 Å². The van der Waals surface area contributed by atoms with Crippen LogP contribution in [0.25, 0.3) is 0 Å². The zero-order chi connectivity index (χ0) is 22.2. The average molecular weight is 426 g/mol. The van der Waals surface area contributed by atoms with Crippen molar-refractivity contribution < 1.29 is 28.2 Å². The molecule has 2 unspecified atom stereocenters. The molecule has 0 spiro atoms. The highest BCUT2D eigenvalue weighted by molar-refractivity contribution is 6.24. The number of hydrogen-bond acceptors (Lipinski definition) is 5. The number of rotatable bonds is 3. The molecule has 31 heavy (non-hydrogen) atoms. The Morgan fingerprint density at radius 1 is 1.19 bits per heavy atom. The standard InChI is InChI=1S/C23H23FN2O5/c1-3-30-20(27)18-12-13-31-19-7-5-4-6-15(19)14-25-22(29)26(21(28)23(18,25)2)17-10-8-16(24)9-11-17/h4-11,18H,3,12-14H2,1-2H3. The SMILES string of the molecule is CCOC(=O)C1CCOc2ccccc2CN2C(=O)N(c3ccc(F)cc3)C(=O)C12C. The summed E-state index contributed by atoms with van der Waals surface area (Å²) in [4.78, 5) is 42.5. The first-order valence-corrected chi connectivity index (χ1v) is 10.2. The van der Waals surface area contributed by atoms with Gasteiger partial charge in [-0.3, -0.25) is 9.59 Å². The molecule has 2 aromatic carbocycles. The van der Waals surface area contributed by atoms with Crippen molar-refractivity contribution in [2.24, 2.45) is 5.92 Å². The molecule has 4 rings (SSSR count). The van der Waals surface area contributed by atoms with E-state index in [1.807, 2.05) is 18.2 Å².